The predicted molar refractivity (Wildman–Crippen MR) is 75.9 cm³/mol. The predicted octanol–water partition coefficient (Wildman–Crippen LogP) is 3.33. The van der Waals surface area contributed by atoms with Crippen LogP contribution in [0, 0.1) is 6.92 Å². The van der Waals surface area contributed by atoms with Gasteiger partial charge in [0.25, 0.3) is 0 Å². The van der Waals surface area contributed by atoms with Gasteiger partial charge in [0.15, 0.2) is 0 Å². The summed E-state index contributed by atoms with van der Waals surface area (Å²) in [5.74, 6) is 0. The molecule has 1 saturated carbocycles. The van der Waals surface area contributed by atoms with Gasteiger partial charge in [-0.05, 0) is 30.9 Å². The van der Waals surface area contributed by atoms with Crippen molar-refractivity contribution in [1.29, 1.82) is 0 Å². The van der Waals surface area contributed by atoms with E-state index in [2.05, 4.69) is 36.4 Å². The molecule has 1 aliphatic carbocycles. The molecule has 1 aromatic heterocycles. The number of hydrogen-bond donors (Lipinski definition) is 1. The molecule has 3 nitrogen and oxygen atoms in total. The standard InChI is InChI=1S/C16H20N2O/c1-12-6-2-3-7-14(12)13-10-17-18(11-13)15-8-4-5-9-16(15)19/h2-3,6-7,10-11,15-16,19H,4-5,8-9H2,1H3. The number of nitrogens with zero attached hydrogens (tertiary/aromatic N) is 2. The molecule has 3 heteroatoms. The van der Waals surface area contributed by atoms with Gasteiger partial charge in [-0.15, -0.1) is 0 Å². The first kappa shape index (κ1) is 12.4. The Hall–Kier alpha value is -1.61. The molecule has 2 unspecified atom stereocenters. The van der Waals surface area contributed by atoms with Gasteiger partial charge < -0.3 is 5.11 Å². The highest BCUT2D eigenvalue weighted by atomic mass is 16.3. The zero-order valence-corrected chi connectivity index (χ0v) is 11.3. The van der Waals surface area contributed by atoms with Gasteiger partial charge in [-0.2, -0.15) is 5.10 Å². The highest BCUT2D eigenvalue weighted by molar-refractivity contribution is 5.65. The first-order chi connectivity index (χ1) is 9.25. The van der Waals surface area contributed by atoms with Gasteiger partial charge in [0.05, 0.1) is 18.3 Å². The van der Waals surface area contributed by atoms with Gasteiger partial charge >= 0.3 is 0 Å². The minimum absolute atomic E-state index is 0.145. The maximum Gasteiger partial charge on any atom is 0.0778 e. The van der Waals surface area contributed by atoms with Crippen LogP contribution in [0.15, 0.2) is 36.7 Å². The van der Waals surface area contributed by atoms with E-state index < -0.39 is 0 Å². The molecule has 0 spiro atoms. The maximum absolute atomic E-state index is 10.1. The van der Waals surface area contributed by atoms with Gasteiger partial charge in [-0.3, -0.25) is 4.68 Å². The molecule has 1 aliphatic rings. The number of aliphatic hydroxyl groups is 1. The number of aryl methyl sites for hydroxylation is 1. The first-order valence-corrected chi connectivity index (χ1v) is 7.04. The van der Waals surface area contributed by atoms with Crippen LogP contribution in [-0.2, 0) is 0 Å². The minimum Gasteiger partial charge on any atom is -0.391 e. The van der Waals surface area contributed by atoms with Crippen LogP contribution in [0.5, 0.6) is 0 Å². The molecule has 2 aromatic rings. The molecule has 1 N–H and O–H groups in total. The van der Waals surface area contributed by atoms with Gasteiger partial charge in [-0.1, -0.05) is 37.1 Å². The van der Waals surface area contributed by atoms with Crippen molar-refractivity contribution in [2.75, 3.05) is 0 Å². The fourth-order valence-electron chi connectivity index (χ4n) is 2.96. The fraction of sp³-hybridized carbons (Fsp3) is 0.438. The summed E-state index contributed by atoms with van der Waals surface area (Å²) in [6.45, 7) is 2.11. The molecule has 1 fully saturated rings. The van der Waals surface area contributed by atoms with Crippen molar-refractivity contribution in [3.63, 3.8) is 0 Å². The average molecular weight is 256 g/mol. The monoisotopic (exact) mass is 256 g/mol. The van der Waals surface area contributed by atoms with E-state index in [0.717, 1.165) is 24.8 Å². The summed E-state index contributed by atoms with van der Waals surface area (Å²) in [5.41, 5.74) is 3.61. The van der Waals surface area contributed by atoms with Crippen LogP contribution in [0.4, 0.5) is 0 Å². The summed E-state index contributed by atoms with van der Waals surface area (Å²) < 4.78 is 1.95. The summed E-state index contributed by atoms with van der Waals surface area (Å²) in [4.78, 5) is 0. The third-order valence-corrected chi connectivity index (χ3v) is 4.09. The van der Waals surface area contributed by atoms with Crippen molar-refractivity contribution in [2.24, 2.45) is 0 Å². The third-order valence-electron chi connectivity index (χ3n) is 4.09. The van der Waals surface area contributed by atoms with E-state index in [4.69, 9.17) is 0 Å². The Kier molecular flexibility index (Phi) is 3.38. The van der Waals surface area contributed by atoms with E-state index >= 15 is 0 Å². The van der Waals surface area contributed by atoms with Crippen LogP contribution in [-0.4, -0.2) is 21.0 Å². The molecule has 0 radical (unpaired) electrons. The quantitative estimate of drug-likeness (QED) is 0.895. The number of benzene rings is 1. The van der Waals surface area contributed by atoms with Crippen molar-refractivity contribution in [3.05, 3.63) is 42.2 Å². The zero-order chi connectivity index (χ0) is 13.2. The molecule has 100 valence electrons. The Bertz CT molecular complexity index is 561. The molecule has 3 rings (SSSR count). The normalized spacial score (nSPS) is 23.5. The Morgan fingerprint density at radius 3 is 2.79 bits per heavy atom. The largest absolute Gasteiger partial charge is 0.391 e. The maximum atomic E-state index is 10.1. The summed E-state index contributed by atoms with van der Waals surface area (Å²) in [7, 11) is 0. The second-order valence-corrected chi connectivity index (χ2v) is 5.44. The SMILES string of the molecule is Cc1ccccc1-c1cnn(C2CCCCC2O)c1. The minimum atomic E-state index is -0.252. The van der Waals surface area contributed by atoms with E-state index in [1.807, 2.05) is 16.9 Å². The molecule has 1 heterocycles. The molecule has 0 aliphatic heterocycles. The first-order valence-electron chi connectivity index (χ1n) is 7.04. The van der Waals surface area contributed by atoms with Crippen LogP contribution in [0.3, 0.4) is 0 Å². The average Bonchev–Trinajstić information content (AvgIpc) is 2.89. The number of rotatable bonds is 2. The molecular formula is C16H20N2O. The van der Waals surface area contributed by atoms with E-state index in [9.17, 15) is 5.11 Å². The smallest absolute Gasteiger partial charge is 0.0778 e. The highest BCUT2D eigenvalue weighted by Gasteiger charge is 2.25. The van der Waals surface area contributed by atoms with Crippen molar-refractivity contribution in [3.8, 4) is 11.1 Å². The van der Waals surface area contributed by atoms with Crippen LogP contribution >= 0.6 is 0 Å². The summed E-state index contributed by atoms with van der Waals surface area (Å²) in [6.07, 6.45) is 7.95. The van der Waals surface area contributed by atoms with Crippen LogP contribution < -0.4 is 0 Å². The van der Waals surface area contributed by atoms with Crippen LogP contribution in [0.1, 0.15) is 37.3 Å². The highest BCUT2D eigenvalue weighted by Crippen LogP contribution is 2.30. The van der Waals surface area contributed by atoms with Gasteiger partial charge in [0.2, 0.25) is 0 Å². The molecule has 0 bridgehead atoms. The van der Waals surface area contributed by atoms with Gasteiger partial charge in [0, 0.05) is 11.8 Å². The number of aromatic nitrogens is 2. The van der Waals surface area contributed by atoms with E-state index in [0.29, 0.717) is 0 Å². The van der Waals surface area contributed by atoms with E-state index in [1.165, 1.54) is 17.5 Å². The summed E-state index contributed by atoms with van der Waals surface area (Å²) in [6, 6.07) is 8.48. The second-order valence-electron chi connectivity index (χ2n) is 5.44. The lowest BCUT2D eigenvalue weighted by atomic mass is 9.93. The number of aliphatic hydroxyl groups excluding tert-OH is 1. The number of hydrogen-bond acceptors (Lipinski definition) is 2. The van der Waals surface area contributed by atoms with Gasteiger partial charge in [-0.25, -0.2) is 0 Å². The van der Waals surface area contributed by atoms with E-state index in [-0.39, 0.29) is 12.1 Å². The Balaban J connectivity index is 1.89. The molecular weight excluding hydrogens is 236 g/mol. The molecule has 2 atom stereocenters. The molecule has 1 aromatic carbocycles. The summed E-state index contributed by atoms with van der Waals surface area (Å²) >= 11 is 0. The van der Waals surface area contributed by atoms with Crippen molar-refractivity contribution < 1.29 is 5.11 Å². The molecule has 19 heavy (non-hydrogen) atoms. The molecule has 0 amide bonds. The molecule has 0 saturated heterocycles. The third kappa shape index (κ3) is 2.43. The van der Waals surface area contributed by atoms with Crippen molar-refractivity contribution >= 4 is 0 Å². The fourth-order valence-corrected chi connectivity index (χ4v) is 2.96. The lowest BCUT2D eigenvalue weighted by molar-refractivity contribution is 0.0695. The van der Waals surface area contributed by atoms with E-state index in [1.54, 1.807) is 0 Å². The van der Waals surface area contributed by atoms with Crippen LogP contribution in [0.25, 0.3) is 11.1 Å². The van der Waals surface area contributed by atoms with Crippen LogP contribution in [0.2, 0.25) is 0 Å². The van der Waals surface area contributed by atoms with Crippen molar-refractivity contribution in [2.45, 2.75) is 44.8 Å². The Morgan fingerprint density at radius 2 is 2.00 bits per heavy atom. The topological polar surface area (TPSA) is 38.0 Å². The van der Waals surface area contributed by atoms with Crippen molar-refractivity contribution in [1.82, 2.24) is 9.78 Å². The van der Waals surface area contributed by atoms with Gasteiger partial charge in [0.1, 0.15) is 0 Å². The lowest BCUT2D eigenvalue weighted by Gasteiger charge is -2.27. The Labute approximate surface area is 113 Å². The summed E-state index contributed by atoms with van der Waals surface area (Å²) in [5, 5.41) is 14.6. The second kappa shape index (κ2) is 5.17. The lowest BCUT2D eigenvalue weighted by Crippen LogP contribution is -2.27. The Morgan fingerprint density at radius 1 is 1.21 bits per heavy atom. The zero-order valence-electron chi connectivity index (χ0n) is 11.3.